The van der Waals surface area contributed by atoms with E-state index in [0.29, 0.717) is 6.42 Å². The van der Waals surface area contributed by atoms with E-state index in [4.69, 9.17) is 24.3 Å². The molecule has 0 aliphatic heterocycles. The van der Waals surface area contributed by atoms with Gasteiger partial charge in [-0.3, -0.25) is 18.6 Å². The summed E-state index contributed by atoms with van der Waals surface area (Å²) in [4.78, 5) is 35.3. The van der Waals surface area contributed by atoms with E-state index in [2.05, 4.69) is 160 Å². The van der Waals surface area contributed by atoms with Crippen LogP contribution in [0.3, 0.4) is 0 Å². The molecule has 0 saturated heterocycles. The summed E-state index contributed by atoms with van der Waals surface area (Å²) < 4.78 is 33.1. The highest BCUT2D eigenvalue weighted by Gasteiger charge is 2.26. The Morgan fingerprint density at radius 2 is 0.679 bits per heavy atom. The number of carbonyl (C=O) groups is 2. The molecule has 2 atom stereocenters. The summed E-state index contributed by atoms with van der Waals surface area (Å²) in [5.74, 6) is -0.851. The minimum absolute atomic E-state index is 0.0434. The maximum absolute atomic E-state index is 12.7. The zero-order chi connectivity index (χ0) is 58.7. The smallest absolute Gasteiger partial charge is 0.462 e. The van der Waals surface area contributed by atoms with Crippen molar-refractivity contribution in [3.63, 3.8) is 0 Å². The van der Waals surface area contributed by atoms with Crippen molar-refractivity contribution >= 4 is 19.8 Å². The molecule has 0 rings (SSSR count). The number of nitrogens with two attached hydrogens (primary N) is 1. The lowest BCUT2D eigenvalue weighted by Crippen LogP contribution is -2.29. The molecule has 3 N–H and O–H groups in total. The van der Waals surface area contributed by atoms with E-state index in [1.807, 2.05) is 0 Å². The Morgan fingerprint density at radius 3 is 1.01 bits per heavy atom. The van der Waals surface area contributed by atoms with Crippen LogP contribution < -0.4 is 5.73 Å². The number of hydrogen-bond acceptors (Lipinski definition) is 8. The summed E-state index contributed by atoms with van der Waals surface area (Å²) in [6, 6.07) is 0. The second-order valence-electron chi connectivity index (χ2n) is 20.9. The standard InChI is InChI=1S/C71H118NO8P/c1-3-5-7-9-11-13-15-17-19-21-23-25-27-29-30-31-32-33-34-35-36-37-38-40-42-44-46-48-50-52-54-56-58-60-62-64-71(74)80-69(68-79-81(75,76)78-66-65-72)67-77-70(73)63-61-59-57-55-53-51-49-47-45-43-41-39-28-26-24-22-20-18-16-14-12-10-8-6-4-2/h5,7,11,13,16-19,22-25,28-30,32-33,35-36,38-40,44,46,69H,3-4,6,8-10,12,14-15,20-21,26-27,31,34,37,41-43,45,47-68,72H2,1-2H3,(H,75,76)/b7-5-,13-11-,18-16-,19-17-,24-22-,25-23-,30-29-,33-32-,36-35-,39-28-,40-38-,46-44-. The first kappa shape index (κ1) is 76.9. The van der Waals surface area contributed by atoms with Gasteiger partial charge in [0.1, 0.15) is 6.61 Å². The second-order valence-corrected chi connectivity index (χ2v) is 22.3. The quantitative estimate of drug-likeness (QED) is 0.0264. The summed E-state index contributed by atoms with van der Waals surface area (Å²) in [5, 5.41) is 0. The number of allylic oxidation sites excluding steroid dienone is 24. The molecule has 9 nitrogen and oxygen atoms in total. The van der Waals surface area contributed by atoms with Crippen LogP contribution in [0, 0.1) is 0 Å². The number of phosphoric acid groups is 1. The van der Waals surface area contributed by atoms with Gasteiger partial charge in [-0.2, -0.15) is 0 Å². The lowest BCUT2D eigenvalue weighted by Gasteiger charge is -2.19. The molecule has 2 unspecified atom stereocenters. The highest BCUT2D eigenvalue weighted by Crippen LogP contribution is 2.43. The van der Waals surface area contributed by atoms with Gasteiger partial charge in [-0.05, 0) is 122 Å². The molecule has 0 aromatic carbocycles. The van der Waals surface area contributed by atoms with Crippen molar-refractivity contribution in [2.24, 2.45) is 5.73 Å². The van der Waals surface area contributed by atoms with Gasteiger partial charge in [0.25, 0.3) is 0 Å². The van der Waals surface area contributed by atoms with Crippen LogP contribution in [0.1, 0.15) is 258 Å². The molecular formula is C71H118NO8P. The monoisotopic (exact) mass is 1140 g/mol. The van der Waals surface area contributed by atoms with Crippen LogP contribution >= 0.6 is 7.82 Å². The molecular weight excluding hydrogens is 1030 g/mol. The van der Waals surface area contributed by atoms with Gasteiger partial charge in [0, 0.05) is 19.4 Å². The van der Waals surface area contributed by atoms with E-state index >= 15 is 0 Å². The molecule has 0 aliphatic rings. The van der Waals surface area contributed by atoms with Crippen LogP contribution in [0.2, 0.25) is 0 Å². The fourth-order valence-electron chi connectivity index (χ4n) is 8.46. The maximum atomic E-state index is 12.7. The average Bonchev–Trinajstić information content (AvgIpc) is 3.46. The van der Waals surface area contributed by atoms with Gasteiger partial charge in [0.2, 0.25) is 0 Å². The third-order valence-electron chi connectivity index (χ3n) is 13.2. The number of esters is 2. The molecule has 0 fully saturated rings. The SMILES string of the molecule is CC/C=C\C/C=C\C/C=C\C/C=C\C/C=C\C/C=C\C/C=C\C/C=C\C/C=C\CCCCCCCCCC(=O)OC(COC(=O)CCCCCCCCCCCC/C=C\C/C=C\C/C=C\CCCCCCC)COP(=O)(O)OCCN. The molecule has 10 heteroatoms. The lowest BCUT2D eigenvalue weighted by molar-refractivity contribution is -0.161. The number of unbranched alkanes of at least 4 members (excludes halogenated alkanes) is 22. The third-order valence-corrected chi connectivity index (χ3v) is 14.2. The van der Waals surface area contributed by atoms with E-state index in [-0.39, 0.29) is 32.6 Å². The van der Waals surface area contributed by atoms with Crippen molar-refractivity contribution in [2.75, 3.05) is 26.4 Å². The van der Waals surface area contributed by atoms with Crippen molar-refractivity contribution in [3.05, 3.63) is 146 Å². The Bertz CT molecular complexity index is 1830. The molecule has 0 radical (unpaired) electrons. The molecule has 0 aromatic heterocycles. The highest BCUT2D eigenvalue weighted by atomic mass is 31.2. The first-order valence-corrected chi connectivity index (χ1v) is 33.8. The Balaban J connectivity index is 4.03. The summed E-state index contributed by atoms with van der Waals surface area (Å²) in [6.07, 6.45) is 93.3. The molecule has 81 heavy (non-hydrogen) atoms. The average molecular weight is 1140 g/mol. The summed E-state index contributed by atoms with van der Waals surface area (Å²) in [6.45, 7) is 3.60. The van der Waals surface area contributed by atoms with E-state index in [1.54, 1.807) is 0 Å². The number of carbonyl (C=O) groups excluding carboxylic acids is 2. The first-order valence-electron chi connectivity index (χ1n) is 32.3. The van der Waals surface area contributed by atoms with E-state index < -0.39 is 32.5 Å². The van der Waals surface area contributed by atoms with Gasteiger partial charge >= 0.3 is 19.8 Å². The Labute approximate surface area is 496 Å². The van der Waals surface area contributed by atoms with Crippen molar-refractivity contribution in [1.82, 2.24) is 0 Å². The first-order chi connectivity index (χ1) is 39.8. The maximum Gasteiger partial charge on any atom is 0.472 e. The molecule has 0 spiro atoms. The van der Waals surface area contributed by atoms with Gasteiger partial charge in [-0.1, -0.05) is 269 Å². The molecule has 0 amide bonds. The second kappa shape index (κ2) is 65.0. The number of rotatable bonds is 59. The van der Waals surface area contributed by atoms with Crippen molar-refractivity contribution in [2.45, 2.75) is 264 Å². The normalized spacial score (nSPS) is 14.0. The molecule has 0 bridgehead atoms. The fourth-order valence-corrected chi connectivity index (χ4v) is 9.22. The van der Waals surface area contributed by atoms with Gasteiger partial charge < -0.3 is 20.1 Å². The van der Waals surface area contributed by atoms with Crippen molar-refractivity contribution in [1.29, 1.82) is 0 Å². The summed E-state index contributed by atoms with van der Waals surface area (Å²) in [7, 11) is -4.41. The minimum Gasteiger partial charge on any atom is -0.462 e. The fraction of sp³-hybridized carbons (Fsp3) is 0.634. The number of hydrogen-bond donors (Lipinski definition) is 2. The van der Waals surface area contributed by atoms with Gasteiger partial charge in [-0.15, -0.1) is 0 Å². The summed E-state index contributed by atoms with van der Waals surface area (Å²) in [5.41, 5.74) is 5.39. The highest BCUT2D eigenvalue weighted by molar-refractivity contribution is 7.47. The molecule has 0 aromatic rings. The predicted octanol–water partition coefficient (Wildman–Crippen LogP) is 21.1. The van der Waals surface area contributed by atoms with Crippen molar-refractivity contribution in [3.8, 4) is 0 Å². The van der Waals surface area contributed by atoms with Crippen LogP contribution in [0.4, 0.5) is 0 Å². The van der Waals surface area contributed by atoms with Gasteiger partial charge in [0.15, 0.2) is 6.10 Å². The molecule has 0 saturated carbocycles. The zero-order valence-electron chi connectivity index (χ0n) is 51.5. The van der Waals surface area contributed by atoms with Crippen LogP contribution in [0.15, 0.2) is 146 Å². The predicted molar refractivity (Wildman–Crippen MR) is 348 cm³/mol. The zero-order valence-corrected chi connectivity index (χ0v) is 52.4. The Morgan fingerprint density at radius 1 is 0.383 bits per heavy atom. The van der Waals surface area contributed by atoms with Crippen LogP contribution in [0.5, 0.6) is 0 Å². The number of ether oxygens (including phenoxy) is 2. The molecule has 0 aliphatic carbocycles. The molecule has 0 heterocycles. The van der Waals surface area contributed by atoms with Gasteiger partial charge in [0.05, 0.1) is 13.2 Å². The minimum atomic E-state index is -4.41. The largest absolute Gasteiger partial charge is 0.472 e. The lowest BCUT2D eigenvalue weighted by atomic mass is 10.1. The Kier molecular flexibility index (Phi) is 61.7. The van der Waals surface area contributed by atoms with Crippen LogP contribution in [-0.4, -0.2) is 49.3 Å². The van der Waals surface area contributed by atoms with E-state index in [0.717, 1.165) is 135 Å². The van der Waals surface area contributed by atoms with E-state index in [9.17, 15) is 19.0 Å². The Hall–Kier alpha value is -4.11. The van der Waals surface area contributed by atoms with E-state index in [1.165, 1.54) is 89.9 Å². The summed E-state index contributed by atoms with van der Waals surface area (Å²) >= 11 is 0. The topological polar surface area (TPSA) is 134 Å². The van der Waals surface area contributed by atoms with Crippen LogP contribution in [0.25, 0.3) is 0 Å². The van der Waals surface area contributed by atoms with Crippen molar-refractivity contribution < 1.29 is 37.6 Å². The van der Waals surface area contributed by atoms with Crippen LogP contribution in [-0.2, 0) is 32.7 Å². The van der Waals surface area contributed by atoms with Gasteiger partial charge in [-0.25, -0.2) is 4.57 Å². The number of phosphoric ester groups is 1. The third kappa shape index (κ3) is 64.9. The molecule has 460 valence electrons.